The first-order valence-corrected chi connectivity index (χ1v) is 8.95. The van der Waals surface area contributed by atoms with E-state index in [0.717, 1.165) is 36.4 Å². The number of anilines is 1. The van der Waals surface area contributed by atoms with Gasteiger partial charge in [-0.25, -0.2) is 4.98 Å². The van der Waals surface area contributed by atoms with E-state index in [1.807, 2.05) is 59.3 Å². The maximum atomic E-state index is 12.2. The highest BCUT2D eigenvalue weighted by atomic mass is 16.5. The van der Waals surface area contributed by atoms with E-state index in [1.165, 1.54) is 0 Å². The molecular weight excluding hydrogens is 328 g/mol. The molecule has 0 radical (unpaired) electrons. The van der Waals surface area contributed by atoms with Crippen LogP contribution >= 0.6 is 0 Å². The monoisotopic (exact) mass is 350 g/mol. The fourth-order valence-corrected chi connectivity index (χ4v) is 3.24. The van der Waals surface area contributed by atoms with Gasteiger partial charge in [-0.3, -0.25) is 4.79 Å². The topological polar surface area (TPSA) is 67.7 Å². The zero-order chi connectivity index (χ0) is 17.8. The van der Waals surface area contributed by atoms with Crippen molar-refractivity contribution in [3.8, 4) is 5.75 Å². The van der Waals surface area contributed by atoms with E-state index in [0.29, 0.717) is 24.8 Å². The van der Waals surface area contributed by atoms with Crippen molar-refractivity contribution in [2.75, 3.05) is 11.9 Å². The Morgan fingerprint density at radius 3 is 3.12 bits per heavy atom. The van der Waals surface area contributed by atoms with Gasteiger partial charge in [0.25, 0.3) is 0 Å². The van der Waals surface area contributed by atoms with Crippen molar-refractivity contribution >= 4 is 17.2 Å². The number of amides is 1. The second kappa shape index (κ2) is 7.58. The highest BCUT2D eigenvalue weighted by Gasteiger charge is 2.17. The number of aromatic nitrogens is 2. The van der Waals surface area contributed by atoms with Gasteiger partial charge in [0.2, 0.25) is 5.91 Å². The summed E-state index contributed by atoms with van der Waals surface area (Å²) < 4.78 is 7.80. The van der Waals surface area contributed by atoms with Crippen molar-refractivity contribution in [3.63, 3.8) is 0 Å². The summed E-state index contributed by atoms with van der Waals surface area (Å²) in [5.41, 5.74) is 2.51. The maximum absolute atomic E-state index is 12.2. The average Bonchev–Trinajstić information content (AvgIpc) is 3.29. The highest BCUT2D eigenvalue weighted by Crippen LogP contribution is 2.19. The molecule has 0 bridgehead atoms. The Kier molecular flexibility index (Phi) is 4.84. The minimum atomic E-state index is 0.0295. The van der Waals surface area contributed by atoms with E-state index in [1.54, 1.807) is 0 Å². The third-order valence-electron chi connectivity index (χ3n) is 4.51. The van der Waals surface area contributed by atoms with Crippen LogP contribution in [0.15, 0.2) is 54.9 Å². The van der Waals surface area contributed by atoms with Crippen LogP contribution < -0.4 is 15.4 Å². The standard InChI is InChI=1S/C20H22N4O2/c25-20(12-15-6-4-9-21-15)23-16-5-3-7-18(11-16)26-14-17-13-24-10-2-1-8-19(24)22-17/h1-3,5,7-8,10-11,13,15,21H,4,6,9,12,14H2,(H,23,25). The van der Waals surface area contributed by atoms with Crippen molar-refractivity contribution in [2.45, 2.75) is 31.9 Å². The molecule has 2 N–H and O–H groups in total. The second-order valence-electron chi connectivity index (χ2n) is 6.56. The van der Waals surface area contributed by atoms with E-state index in [2.05, 4.69) is 15.6 Å². The number of hydrogen-bond donors (Lipinski definition) is 2. The molecule has 1 atom stereocenters. The van der Waals surface area contributed by atoms with Crippen LogP contribution in [0.2, 0.25) is 0 Å². The molecule has 6 nitrogen and oxygen atoms in total. The Bertz CT molecular complexity index is 866. The number of fused-ring (bicyclic) bond motifs is 1. The summed E-state index contributed by atoms with van der Waals surface area (Å²) in [4.78, 5) is 16.7. The Hall–Kier alpha value is -2.86. The van der Waals surface area contributed by atoms with E-state index >= 15 is 0 Å². The molecule has 2 aromatic heterocycles. The first-order valence-electron chi connectivity index (χ1n) is 8.95. The summed E-state index contributed by atoms with van der Waals surface area (Å²) in [5, 5.41) is 6.29. The van der Waals surface area contributed by atoms with Gasteiger partial charge in [0, 0.05) is 36.6 Å². The molecule has 1 unspecified atom stereocenters. The third kappa shape index (κ3) is 4.03. The molecule has 0 spiro atoms. The molecule has 134 valence electrons. The van der Waals surface area contributed by atoms with Crippen LogP contribution in [0.25, 0.3) is 5.65 Å². The number of benzene rings is 1. The van der Waals surface area contributed by atoms with Crippen LogP contribution in [-0.4, -0.2) is 27.9 Å². The number of nitrogens with zero attached hydrogens (tertiary/aromatic N) is 2. The van der Waals surface area contributed by atoms with Crippen molar-refractivity contribution in [1.29, 1.82) is 0 Å². The van der Waals surface area contributed by atoms with Gasteiger partial charge in [0.1, 0.15) is 18.0 Å². The van der Waals surface area contributed by atoms with Gasteiger partial charge in [0.15, 0.2) is 0 Å². The zero-order valence-electron chi connectivity index (χ0n) is 14.5. The molecule has 1 saturated heterocycles. The first kappa shape index (κ1) is 16.6. The first-order chi connectivity index (χ1) is 12.8. The maximum Gasteiger partial charge on any atom is 0.225 e. The lowest BCUT2D eigenvalue weighted by molar-refractivity contribution is -0.116. The summed E-state index contributed by atoms with van der Waals surface area (Å²) in [7, 11) is 0. The number of rotatable bonds is 6. The number of nitrogens with one attached hydrogen (secondary N) is 2. The molecule has 1 fully saturated rings. The number of carbonyl (C=O) groups excluding carboxylic acids is 1. The SMILES string of the molecule is O=C(CC1CCCN1)Nc1cccc(OCc2cn3ccccc3n2)c1. The van der Waals surface area contributed by atoms with E-state index in [9.17, 15) is 4.79 Å². The van der Waals surface area contributed by atoms with Crippen LogP contribution in [-0.2, 0) is 11.4 Å². The average molecular weight is 350 g/mol. The number of ether oxygens (including phenoxy) is 1. The summed E-state index contributed by atoms with van der Waals surface area (Å²) in [6.45, 7) is 1.38. The van der Waals surface area contributed by atoms with Gasteiger partial charge in [-0.15, -0.1) is 0 Å². The van der Waals surface area contributed by atoms with Gasteiger partial charge in [-0.2, -0.15) is 0 Å². The van der Waals surface area contributed by atoms with E-state index < -0.39 is 0 Å². The van der Waals surface area contributed by atoms with E-state index in [4.69, 9.17) is 4.74 Å². The third-order valence-corrected chi connectivity index (χ3v) is 4.51. The van der Waals surface area contributed by atoms with Crippen LogP contribution in [0.1, 0.15) is 25.0 Å². The Labute approximate surface area is 152 Å². The number of pyridine rings is 1. The molecular formula is C20H22N4O2. The molecule has 1 amide bonds. The molecule has 0 saturated carbocycles. The Morgan fingerprint density at radius 1 is 1.31 bits per heavy atom. The number of carbonyl (C=O) groups is 1. The molecule has 1 aliphatic heterocycles. The van der Waals surface area contributed by atoms with Crippen molar-refractivity contribution < 1.29 is 9.53 Å². The Balaban J connectivity index is 1.35. The molecule has 3 aromatic rings. The fourth-order valence-electron chi connectivity index (χ4n) is 3.24. The second-order valence-corrected chi connectivity index (χ2v) is 6.56. The minimum Gasteiger partial charge on any atom is -0.487 e. The number of hydrogen-bond acceptors (Lipinski definition) is 4. The van der Waals surface area contributed by atoms with Crippen LogP contribution in [0.5, 0.6) is 5.75 Å². The van der Waals surface area contributed by atoms with Crippen LogP contribution in [0, 0.1) is 0 Å². The summed E-state index contributed by atoms with van der Waals surface area (Å²) in [6.07, 6.45) is 6.63. The molecule has 1 aliphatic rings. The molecule has 3 heterocycles. The molecule has 4 rings (SSSR count). The summed E-state index contributed by atoms with van der Waals surface area (Å²) in [6, 6.07) is 13.6. The highest BCUT2D eigenvalue weighted by molar-refractivity contribution is 5.91. The predicted octanol–water partition coefficient (Wildman–Crippen LogP) is 2.99. The van der Waals surface area contributed by atoms with Crippen LogP contribution in [0.3, 0.4) is 0 Å². The predicted molar refractivity (Wildman–Crippen MR) is 100 cm³/mol. The lowest BCUT2D eigenvalue weighted by Gasteiger charge is -2.11. The van der Waals surface area contributed by atoms with Gasteiger partial charge in [-0.1, -0.05) is 12.1 Å². The minimum absolute atomic E-state index is 0.0295. The van der Waals surface area contributed by atoms with Gasteiger partial charge >= 0.3 is 0 Å². The van der Waals surface area contributed by atoms with Crippen molar-refractivity contribution in [3.05, 3.63) is 60.6 Å². The Morgan fingerprint density at radius 2 is 2.27 bits per heavy atom. The molecule has 6 heteroatoms. The van der Waals surface area contributed by atoms with Crippen molar-refractivity contribution in [2.24, 2.45) is 0 Å². The summed E-state index contributed by atoms with van der Waals surface area (Å²) >= 11 is 0. The quantitative estimate of drug-likeness (QED) is 0.717. The van der Waals surface area contributed by atoms with Crippen molar-refractivity contribution in [1.82, 2.24) is 14.7 Å². The van der Waals surface area contributed by atoms with Crippen LogP contribution in [0.4, 0.5) is 5.69 Å². The van der Waals surface area contributed by atoms with Gasteiger partial charge in [-0.05, 0) is 43.7 Å². The van der Waals surface area contributed by atoms with Gasteiger partial charge in [0.05, 0.1) is 5.69 Å². The molecule has 1 aromatic carbocycles. The summed E-state index contributed by atoms with van der Waals surface area (Å²) in [5.74, 6) is 0.737. The largest absolute Gasteiger partial charge is 0.487 e. The zero-order valence-corrected chi connectivity index (χ0v) is 14.5. The smallest absolute Gasteiger partial charge is 0.225 e. The molecule has 0 aliphatic carbocycles. The van der Waals surface area contributed by atoms with Gasteiger partial charge < -0.3 is 19.8 Å². The lowest BCUT2D eigenvalue weighted by atomic mass is 10.1. The fraction of sp³-hybridized carbons (Fsp3) is 0.300. The van der Waals surface area contributed by atoms with E-state index in [-0.39, 0.29) is 5.91 Å². The number of imidazole rings is 1. The molecule has 26 heavy (non-hydrogen) atoms. The normalized spacial score (nSPS) is 16.7. The lowest BCUT2D eigenvalue weighted by Crippen LogP contribution is -2.27.